The Bertz CT molecular complexity index is 598. The van der Waals surface area contributed by atoms with Crippen molar-refractivity contribution in [2.45, 2.75) is 45.4 Å². The Labute approximate surface area is 138 Å². The van der Waals surface area contributed by atoms with Gasteiger partial charge in [0.05, 0.1) is 0 Å². The van der Waals surface area contributed by atoms with Crippen LogP contribution in [0.15, 0.2) is 30.5 Å². The summed E-state index contributed by atoms with van der Waals surface area (Å²) < 4.78 is 10.1. The zero-order chi connectivity index (χ0) is 15.0. The summed E-state index contributed by atoms with van der Waals surface area (Å²) in [5.41, 5.74) is 1.33. The Balaban J connectivity index is 2.04. The van der Waals surface area contributed by atoms with E-state index in [4.69, 9.17) is 4.43 Å². The Morgan fingerprint density at radius 3 is 2.55 bits per heavy atom. The molecule has 110 valence electrons. The molecule has 0 amide bonds. The first-order chi connectivity index (χ1) is 9.21. The van der Waals surface area contributed by atoms with E-state index in [0.29, 0.717) is 0 Å². The molecule has 0 N–H and O–H groups in total. The van der Waals surface area contributed by atoms with E-state index in [2.05, 4.69) is 68.9 Å². The number of rotatable bonds is 4. The molecule has 1 heterocycles. The molecular formula is C16H26BiNOSi. The molecule has 0 saturated carbocycles. The number of hydrogen-bond donors (Lipinski definition) is 0. The molecule has 0 aliphatic carbocycles. The third kappa shape index (κ3) is 3.52. The van der Waals surface area contributed by atoms with Gasteiger partial charge in [0.15, 0.2) is 0 Å². The fraction of sp³-hybridized carbons (Fsp3) is 0.500. The molecule has 1 aromatic carbocycles. The quantitative estimate of drug-likeness (QED) is 0.608. The summed E-state index contributed by atoms with van der Waals surface area (Å²) in [6, 6.07) is 9.02. The molecule has 0 unspecified atom stereocenters. The van der Waals surface area contributed by atoms with Gasteiger partial charge in [0, 0.05) is 0 Å². The van der Waals surface area contributed by atoms with Gasteiger partial charge in [-0.15, -0.1) is 0 Å². The van der Waals surface area contributed by atoms with Crippen molar-refractivity contribution in [1.29, 1.82) is 0 Å². The van der Waals surface area contributed by atoms with Gasteiger partial charge in [0.25, 0.3) is 0 Å². The molecule has 0 atom stereocenters. The van der Waals surface area contributed by atoms with Crippen molar-refractivity contribution in [1.82, 2.24) is 4.57 Å². The SMILES string of the molecule is CC(C)(C)[Si](C)(C)OCCn1ccc2c[c]([BiH2])ccc21. The van der Waals surface area contributed by atoms with Gasteiger partial charge in [-0.05, 0) is 0 Å². The van der Waals surface area contributed by atoms with Gasteiger partial charge in [0.2, 0.25) is 0 Å². The average Bonchev–Trinajstić information content (AvgIpc) is 2.70. The predicted molar refractivity (Wildman–Crippen MR) is 93.3 cm³/mol. The van der Waals surface area contributed by atoms with Gasteiger partial charge in [-0.1, -0.05) is 0 Å². The monoisotopic (exact) mass is 485 g/mol. The van der Waals surface area contributed by atoms with Crippen LogP contribution < -0.4 is 3.27 Å². The zero-order valence-electron chi connectivity index (χ0n) is 13.2. The molecule has 1 aromatic heterocycles. The summed E-state index contributed by atoms with van der Waals surface area (Å²) in [6.45, 7) is 13.3. The number of aromatic nitrogens is 1. The number of hydrogen-bond acceptors (Lipinski definition) is 1. The van der Waals surface area contributed by atoms with Crippen LogP contribution in [0.5, 0.6) is 0 Å². The molecule has 2 rings (SSSR count). The second kappa shape index (κ2) is 5.90. The van der Waals surface area contributed by atoms with E-state index in [1.54, 1.807) is 0 Å². The fourth-order valence-corrected chi connectivity index (χ4v) is 4.14. The molecule has 0 radical (unpaired) electrons. The van der Waals surface area contributed by atoms with Crippen LogP contribution in [0.25, 0.3) is 10.9 Å². The molecule has 2 nitrogen and oxygen atoms in total. The van der Waals surface area contributed by atoms with Crippen LogP contribution in [0.2, 0.25) is 18.1 Å². The predicted octanol–water partition coefficient (Wildman–Crippen LogP) is 2.92. The molecule has 0 aliphatic rings. The summed E-state index contributed by atoms with van der Waals surface area (Å²) in [7, 11) is -1.62. The summed E-state index contributed by atoms with van der Waals surface area (Å²) in [5, 5.41) is 1.64. The molecule has 0 spiro atoms. The molecule has 0 bridgehead atoms. The zero-order valence-corrected chi connectivity index (χ0v) is 18.7. The Morgan fingerprint density at radius 2 is 1.90 bits per heavy atom. The topological polar surface area (TPSA) is 14.2 Å². The third-order valence-corrected chi connectivity index (χ3v) is 10.3. The Morgan fingerprint density at radius 1 is 1.20 bits per heavy atom. The van der Waals surface area contributed by atoms with Crippen molar-refractivity contribution < 1.29 is 4.43 Å². The van der Waals surface area contributed by atoms with E-state index < -0.39 is 8.32 Å². The normalized spacial score (nSPS) is 13.1. The van der Waals surface area contributed by atoms with E-state index in [1.807, 2.05) is 0 Å². The Kier molecular flexibility index (Phi) is 4.78. The van der Waals surface area contributed by atoms with Crippen molar-refractivity contribution in [3.05, 3.63) is 30.5 Å². The van der Waals surface area contributed by atoms with Crippen molar-refractivity contribution in [2.75, 3.05) is 6.61 Å². The molecular weight excluding hydrogens is 459 g/mol. The van der Waals surface area contributed by atoms with Crippen molar-refractivity contribution >= 4 is 47.2 Å². The fourth-order valence-electron chi connectivity index (χ4n) is 2.03. The van der Waals surface area contributed by atoms with Gasteiger partial charge in [-0.3, -0.25) is 0 Å². The van der Waals surface area contributed by atoms with Gasteiger partial charge < -0.3 is 0 Å². The van der Waals surface area contributed by atoms with Crippen LogP contribution in [0.4, 0.5) is 0 Å². The second-order valence-corrected chi connectivity index (χ2v) is 14.3. The summed E-state index contributed by atoms with van der Waals surface area (Å²) in [4.78, 5) is 0. The van der Waals surface area contributed by atoms with E-state index in [1.165, 1.54) is 14.2 Å². The number of nitrogens with zero attached hydrogens (tertiary/aromatic N) is 1. The minimum atomic E-state index is -1.62. The van der Waals surface area contributed by atoms with Gasteiger partial charge in [-0.2, -0.15) is 0 Å². The van der Waals surface area contributed by atoms with E-state index in [-0.39, 0.29) is 5.04 Å². The van der Waals surface area contributed by atoms with Crippen LogP contribution in [-0.2, 0) is 11.0 Å². The van der Waals surface area contributed by atoms with Crippen LogP contribution in [-0.4, -0.2) is 44.2 Å². The van der Waals surface area contributed by atoms with Crippen molar-refractivity contribution in [3.8, 4) is 0 Å². The number of fused-ring (bicyclic) bond motifs is 1. The molecule has 4 heteroatoms. The van der Waals surface area contributed by atoms with Gasteiger partial charge >= 0.3 is 139 Å². The number of benzene rings is 1. The van der Waals surface area contributed by atoms with Crippen LogP contribution >= 0.6 is 0 Å². The standard InChI is InChI=1S/C16H24NOSi.Bi.2H/c1-16(2,3)19(4,5)18-13-12-17-11-10-14-8-6-7-9-15(14)17;;;/h7-11H,12-13H2,1-5H3;;;. The molecule has 0 saturated heterocycles. The molecule has 2 aromatic rings. The first-order valence-electron chi connectivity index (χ1n) is 7.19. The average molecular weight is 485 g/mol. The van der Waals surface area contributed by atoms with E-state index in [0.717, 1.165) is 37.9 Å². The maximum atomic E-state index is 6.27. The van der Waals surface area contributed by atoms with Crippen molar-refractivity contribution in [3.63, 3.8) is 0 Å². The third-order valence-electron chi connectivity index (χ3n) is 4.40. The first-order valence-corrected chi connectivity index (χ1v) is 12.3. The first kappa shape index (κ1) is 16.2. The van der Waals surface area contributed by atoms with Crippen molar-refractivity contribution in [2.24, 2.45) is 0 Å². The summed E-state index contributed by atoms with van der Waals surface area (Å²) in [5.74, 6) is 0. The van der Waals surface area contributed by atoms with E-state index >= 15 is 0 Å². The maximum absolute atomic E-state index is 6.27. The Hall–Kier alpha value is -0.180. The van der Waals surface area contributed by atoms with E-state index in [9.17, 15) is 0 Å². The summed E-state index contributed by atoms with van der Waals surface area (Å²) in [6.07, 6.45) is 2.18. The minimum absolute atomic E-state index is 0.286. The van der Waals surface area contributed by atoms with Gasteiger partial charge in [0.1, 0.15) is 0 Å². The van der Waals surface area contributed by atoms with Crippen LogP contribution in [0, 0.1) is 0 Å². The molecule has 20 heavy (non-hydrogen) atoms. The van der Waals surface area contributed by atoms with Gasteiger partial charge in [-0.25, -0.2) is 0 Å². The second-order valence-electron chi connectivity index (χ2n) is 6.94. The molecule has 0 aliphatic heterocycles. The molecule has 0 fully saturated rings. The van der Waals surface area contributed by atoms with Crippen LogP contribution in [0.1, 0.15) is 20.8 Å². The van der Waals surface area contributed by atoms with Crippen LogP contribution in [0.3, 0.4) is 0 Å². The summed E-state index contributed by atoms with van der Waals surface area (Å²) >= 11 is 0.912.